The van der Waals surface area contributed by atoms with Gasteiger partial charge in [-0.2, -0.15) is 0 Å². The van der Waals surface area contributed by atoms with Crippen molar-refractivity contribution in [3.63, 3.8) is 0 Å². The smallest absolute Gasteiger partial charge is 0.255 e. The zero-order chi connectivity index (χ0) is 19.0. The van der Waals surface area contributed by atoms with Gasteiger partial charge in [-0.3, -0.25) is 9.59 Å². The molecule has 1 unspecified atom stereocenters. The van der Waals surface area contributed by atoms with E-state index in [0.717, 1.165) is 36.8 Å². The normalized spacial score (nSPS) is 24.7. The first-order chi connectivity index (χ1) is 13.0. The Morgan fingerprint density at radius 2 is 1.78 bits per heavy atom. The van der Waals surface area contributed by atoms with Crippen molar-refractivity contribution in [1.29, 1.82) is 0 Å². The predicted octanol–water partition coefficient (Wildman–Crippen LogP) is 2.09. The Bertz CT molecular complexity index is 719. The highest BCUT2D eigenvalue weighted by Gasteiger charge is 2.49. The molecule has 27 heavy (non-hydrogen) atoms. The van der Waals surface area contributed by atoms with Crippen molar-refractivity contribution in [3.05, 3.63) is 35.4 Å². The molecule has 2 saturated heterocycles. The van der Waals surface area contributed by atoms with E-state index in [-0.39, 0.29) is 17.7 Å². The molecule has 0 saturated carbocycles. The number of likely N-dealkylation sites (tertiary alicyclic amines) is 1. The van der Waals surface area contributed by atoms with Crippen molar-refractivity contribution >= 4 is 11.8 Å². The van der Waals surface area contributed by atoms with Crippen molar-refractivity contribution in [3.8, 4) is 0 Å². The van der Waals surface area contributed by atoms with Gasteiger partial charge in [-0.1, -0.05) is 24.3 Å². The van der Waals surface area contributed by atoms with E-state index in [2.05, 4.69) is 6.07 Å². The predicted molar refractivity (Wildman–Crippen MR) is 100.0 cm³/mol. The second kappa shape index (κ2) is 7.24. The zero-order valence-corrected chi connectivity index (χ0v) is 16.1. The average Bonchev–Trinajstić information content (AvgIpc) is 3.02. The van der Waals surface area contributed by atoms with Gasteiger partial charge in [0.05, 0.1) is 5.60 Å². The molecule has 3 aliphatic heterocycles. The summed E-state index contributed by atoms with van der Waals surface area (Å²) < 4.78 is 11.8. The van der Waals surface area contributed by atoms with Gasteiger partial charge in [-0.05, 0) is 36.8 Å². The molecular weight excluding hydrogens is 344 g/mol. The van der Waals surface area contributed by atoms with Crippen LogP contribution in [0.25, 0.3) is 0 Å². The van der Waals surface area contributed by atoms with E-state index in [0.29, 0.717) is 26.3 Å². The Morgan fingerprint density at radius 1 is 1.11 bits per heavy atom. The van der Waals surface area contributed by atoms with Gasteiger partial charge in [0.2, 0.25) is 5.91 Å². The Hall–Kier alpha value is -1.92. The van der Waals surface area contributed by atoms with Crippen LogP contribution < -0.4 is 0 Å². The third-order valence-corrected chi connectivity index (χ3v) is 6.20. The molecule has 1 spiro atoms. The fraction of sp³-hybridized carbons (Fsp3) is 0.619. The van der Waals surface area contributed by atoms with Crippen LogP contribution in [0.15, 0.2) is 24.3 Å². The highest BCUT2D eigenvalue weighted by Crippen LogP contribution is 2.49. The number of fused-ring (bicyclic) bond motifs is 2. The van der Waals surface area contributed by atoms with Crippen LogP contribution in [0, 0.1) is 5.92 Å². The van der Waals surface area contributed by atoms with Crippen molar-refractivity contribution < 1.29 is 19.1 Å². The van der Waals surface area contributed by atoms with Gasteiger partial charge < -0.3 is 19.3 Å². The summed E-state index contributed by atoms with van der Waals surface area (Å²) in [6.07, 6.45) is 2.55. The molecule has 0 radical (unpaired) electrons. The maximum Gasteiger partial charge on any atom is 0.255 e. The average molecular weight is 372 g/mol. The molecule has 0 N–H and O–H groups in total. The summed E-state index contributed by atoms with van der Waals surface area (Å²) >= 11 is 0. The topological polar surface area (TPSA) is 59.1 Å². The lowest BCUT2D eigenvalue weighted by molar-refractivity contribution is -0.162. The Labute approximate surface area is 160 Å². The number of carbonyl (C=O) groups is 2. The first-order valence-corrected chi connectivity index (χ1v) is 9.87. The van der Waals surface area contributed by atoms with Crippen molar-refractivity contribution in [2.45, 2.75) is 37.4 Å². The standard InChI is InChI=1S/C21H28N2O4/c1-22(2)20(25)18-16-5-3-4-6-17(16)21(27-18)9-11-23(12-10-21)19(24)15-7-13-26-14-8-15/h3-6,15,18H,7-14H2,1-2H3. The minimum absolute atomic E-state index is 0.0277. The van der Waals surface area contributed by atoms with Crippen LogP contribution in [0.1, 0.15) is 42.9 Å². The Kier molecular flexibility index (Phi) is 4.95. The molecule has 6 heteroatoms. The van der Waals surface area contributed by atoms with E-state index in [9.17, 15) is 9.59 Å². The number of likely N-dealkylation sites (N-methyl/N-ethyl adjacent to an activating group) is 1. The Balaban J connectivity index is 1.50. The lowest BCUT2D eigenvalue weighted by atomic mass is 9.83. The highest BCUT2D eigenvalue weighted by atomic mass is 16.5. The quantitative estimate of drug-likeness (QED) is 0.798. The second-order valence-corrected chi connectivity index (χ2v) is 8.02. The molecule has 146 valence electrons. The summed E-state index contributed by atoms with van der Waals surface area (Å²) in [5, 5.41) is 0. The van der Waals surface area contributed by atoms with E-state index in [4.69, 9.17) is 9.47 Å². The summed E-state index contributed by atoms with van der Waals surface area (Å²) in [6, 6.07) is 8.04. The maximum absolute atomic E-state index is 12.8. The first-order valence-electron chi connectivity index (χ1n) is 9.87. The number of amides is 2. The molecule has 2 fully saturated rings. The number of rotatable bonds is 2. The van der Waals surface area contributed by atoms with Crippen LogP contribution in [0.4, 0.5) is 0 Å². The van der Waals surface area contributed by atoms with Gasteiger partial charge in [-0.25, -0.2) is 0 Å². The van der Waals surface area contributed by atoms with Crippen LogP contribution in [0.2, 0.25) is 0 Å². The fourth-order valence-corrected chi connectivity index (χ4v) is 4.59. The summed E-state index contributed by atoms with van der Waals surface area (Å²) in [5.74, 6) is 0.313. The number of nitrogens with zero attached hydrogens (tertiary/aromatic N) is 2. The molecule has 3 heterocycles. The molecule has 3 aliphatic rings. The number of hydrogen-bond acceptors (Lipinski definition) is 4. The molecule has 0 aromatic heterocycles. The second-order valence-electron chi connectivity index (χ2n) is 8.02. The third-order valence-electron chi connectivity index (χ3n) is 6.20. The van der Waals surface area contributed by atoms with Gasteiger partial charge in [-0.15, -0.1) is 0 Å². The molecule has 4 rings (SSSR count). The summed E-state index contributed by atoms with van der Waals surface area (Å²) in [4.78, 5) is 29.0. The van der Waals surface area contributed by atoms with E-state index in [1.54, 1.807) is 19.0 Å². The number of ether oxygens (including phenoxy) is 2. The van der Waals surface area contributed by atoms with Gasteiger partial charge in [0, 0.05) is 46.3 Å². The van der Waals surface area contributed by atoms with Crippen molar-refractivity contribution in [2.75, 3.05) is 40.4 Å². The fourth-order valence-electron chi connectivity index (χ4n) is 4.59. The van der Waals surface area contributed by atoms with Gasteiger partial charge in [0.25, 0.3) is 5.91 Å². The van der Waals surface area contributed by atoms with E-state index in [1.807, 2.05) is 23.1 Å². The summed E-state index contributed by atoms with van der Waals surface area (Å²) in [6.45, 7) is 2.71. The molecule has 1 aromatic rings. The summed E-state index contributed by atoms with van der Waals surface area (Å²) in [5.41, 5.74) is 1.63. The van der Waals surface area contributed by atoms with Gasteiger partial charge >= 0.3 is 0 Å². The zero-order valence-electron chi connectivity index (χ0n) is 16.1. The molecule has 6 nitrogen and oxygen atoms in total. The SMILES string of the molecule is CN(C)C(=O)C1OC2(CCN(C(=O)C3CCOCC3)CC2)c2ccccc21. The summed E-state index contributed by atoms with van der Waals surface area (Å²) in [7, 11) is 3.52. The monoisotopic (exact) mass is 372 g/mol. The highest BCUT2D eigenvalue weighted by molar-refractivity contribution is 5.83. The lowest BCUT2D eigenvalue weighted by Gasteiger charge is -2.41. The number of carbonyl (C=O) groups excluding carboxylic acids is 2. The first kappa shape index (κ1) is 18.4. The van der Waals surface area contributed by atoms with Crippen LogP contribution in [0.3, 0.4) is 0 Å². The Morgan fingerprint density at radius 3 is 2.44 bits per heavy atom. The van der Waals surface area contributed by atoms with E-state index < -0.39 is 11.7 Å². The molecule has 0 aliphatic carbocycles. The van der Waals surface area contributed by atoms with Gasteiger partial charge in [0.1, 0.15) is 0 Å². The van der Waals surface area contributed by atoms with Crippen molar-refractivity contribution in [1.82, 2.24) is 9.80 Å². The minimum Gasteiger partial charge on any atom is -0.381 e. The van der Waals surface area contributed by atoms with Crippen LogP contribution >= 0.6 is 0 Å². The van der Waals surface area contributed by atoms with Crippen LogP contribution in [-0.4, -0.2) is 62.0 Å². The van der Waals surface area contributed by atoms with Crippen molar-refractivity contribution in [2.24, 2.45) is 5.92 Å². The van der Waals surface area contributed by atoms with E-state index >= 15 is 0 Å². The third kappa shape index (κ3) is 3.25. The largest absolute Gasteiger partial charge is 0.381 e. The maximum atomic E-state index is 12.8. The number of hydrogen-bond donors (Lipinski definition) is 0. The molecule has 1 atom stereocenters. The molecule has 2 amide bonds. The minimum atomic E-state index is -0.547. The van der Waals surface area contributed by atoms with E-state index in [1.165, 1.54) is 0 Å². The molecule has 1 aromatic carbocycles. The lowest BCUT2D eigenvalue weighted by Crippen LogP contribution is -2.48. The van der Waals surface area contributed by atoms with Crippen LogP contribution in [-0.2, 0) is 24.7 Å². The number of piperidine rings is 1. The molecule has 0 bridgehead atoms. The van der Waals surface area contributed by atoms with Crippen LogP contribution in [0.5, 0.6) is 0 Å². The van der Waals surface area contributed by atoms with Gasteiger partial charge in [0.15, 0.2) is 6.10 Å². The molecular formula is C21H28N2O4. The number of benzene rings is 1.